The summed E-state index contributed by atoms with van der Waals surface area (Å²) in [5.41, 5.74) is 0.560. The van der Waals surface area contributed by atoms with Crippen LogP contribution in [0.25, 0.3) is 0 Å². The summed E-state index contributed by atoms with van der Waals surface area (Å²) in [6, 6.07) is 3.84. The van der Waals surface area contributed by atoms with Gasteiger partial charge in [0.25, 0.3) is 0 Å². The molecule has 1 aromatic carbocycles. The van der Waals surface area contributed by atoms with E-state index in [0.717, 1.165) is 18.9 Å². The van der Waals surface area contributed by atoms with Crippen molar-refractivity contribution in [2.75, 3.05) is 6.54 Å². The number of hydrogen-bond acceptors (Lipinski definition) is 3. The van der Waals surface area contributed by atoms with Crippen LogP contribution in [0.2, 0.25) is 0 Å². The van der Waals surface area contributed by atoms with Crippen LogP contribution in [-0.2, 0) is 4.79 Å². The van der Waals surface area contributed by atoms with Gasteiger partial charge in [-0.05, 0) is 25.8 Å². The third-order valence-corrected chi connectivity index (χ3v) is 3.27. The summed E-state index contributed by atoms with van der Waals surface area (Å²) < 4.78 is 12.9. The first kappa shape index (κ1) is 12.8. The first-order chi connectivity index (χ1) is 8.49. The molecule has 1 aromatic rings. The molecule has 5 heteroatoms. The molecule has 0 heterocycles. The van der Waals surface area contributed by atoms with Crippen LogP contribution in [0.15, 0.2) is 18.2 Å². The molecule has 0 aromatic heterocycles. The van der Waals surface area contributed by atoms with Crippen molar-refractivity contribution >= 4 is 5.97 Å². The molecule has 0 saturated heterocycles. The van der Waals surface area contributed by atoms with Crippen molar-refractivity contribution in [3.05, 3.63) is 29.6 Å². The van der Waals surface area contributed by atoms with Gasteiger partial charge in [-0.2, -0.15) is 0 Å². The normalized spacial score (nSPS) is 16.8. The fraction of sp³-hybridized carbons (Fsp3) is 0.462. The average Bonchev–Trinajstić information content (AvgIpc) is 3.08. The third-order valence-electron chi connectivity index (χ3n) is 3.27. The van der Waals surface area contributed by atoms with Gasteiger partial charge in [0.05, 0.1) is 6.54 Å². The SMILES string of the molecule is CC(c1ccc(F)cc1O)N(CC(=O)O)C1CC1. The summed E-state index contributed by atoms with van der Waals surface area (Å²) in [4.78, 5) is 12.7. The first-order valence-electron chi connectivity index (χ1n) is 5.95. The number of aromatic hydroxyl groups is 1. The molecular formula is C13H16FNO3. The molecule has 98 valence electrons. The number of carbonyl (C=O) groups is 1. The fourth-order valence-corrected chi connectivity index (χ4v) is 2.19. The molecule has 0 spiro atoms. The van der Waals surface area contributed by atoms with Gasteiger partial charge in [0.1, 0.15) is 11.6 Å². The smallest absolute Gasteiger partial charge is 0.317 e. The fourth-order valence-electron chi connectivity index (χ4n) is 2.19. The van der Waals surface area contributed by atoms with Gasteiger partial charge >= 0.3 is 5.97 Å². The summed E-state index contributed by atoms with van der Waals surface area (Å²) in [6.45, 7) is 1.76. The van der Waals surface area contributed by atoms with Crippen LogP contribution in [0.4, 0.5) is 4.39 Å². The lowest BCUT2D eigenvalue weighted by Gasteiger charge is -2.28. The Morgan fingerprint density at radius 1 is 1.56 bits per heavy atom. The van der Waals surface area contributed by atoms with Gasteiger partial charge in [-0.15, -0.1) is 0 Å². The van der Waals surface area contributed by atoms with Crippen LogP contribution in [0.5, 0.6) is 5.75 Å². The minimum absolute atomic E-state index is 0.0668. The molecule has 4 nitrogen and oxygen atoms in total. The highest BCUT2D eigenvalue weighted by molar-refractivity contribution is 5.69. The summed E-state index contributed by atoms with van der Waals surface area (Å²) in [6.07, 6.45) is 1.94. The molecule has 0 radical (unpaired) electrons. The number of carboxylic acid groups (broad SMARTS) is 1. The molecule has 1 unspecified atom stereocenters. The maximum absolute atomic E-state index is 12.9. The van der Waals surface area contributed by atoms with E-state index in [9.17, 15) is 14.3 Å². The Morgan fingerprint density at radius 2 is 2.22 bits per heavy atom. The van der Waals surface area contributed by atoms with Gasteiger partial charge in [-0.25, -0.2) is 4.39 Å². The molecule has 0 amide bonds. The maximum Gasteiger partial charge on any atom is 0.317 e. The van der Waals surface area contributed by atoms with E-state index in [4.69, 9.17) is 5.11 Å². The predicted molar refractivity (Wildman–Crippen MR) is 63.8 cm³/mol. The zero-order valence-corrected chi connectivity index (χ0v) is 10.1. The highest BCUT2D eigenvalue weighted by Crippen LogP contribution is 2.36. The van der Waals surface area contributed by atoms with Crippen LogP contribution >= 0.6 is 0 Å². The van der Waals surface area contributed by atoms with Crippen molar-refractivity contribution in [1.29, 1.82) is 0 Å². The Hall–Kier alpha value is -1.62. The highest BCUT2D eigenvalue weighted by Gasteiger charge is 2.34. The van der Waals surface area contributed by atoms with E-state index in [1.54, 1.807) is 0 Å². The number of carboxylic acids is 1. The molecule has 0 aliphatic heterocycles. The molecule has 2 rings (SSSR count). The van der Waals surface area contributed by atoms with E-state index < -0.39 is 11.8 Å². The second-order valence-corrected chi connectivity index (χ2v) is 4.68. The lowest BCUT2D eigenvalue weighted by molar-refractivity contribution is -0.139. The Bertz CT molecular complexity index is 460. The molecule has 1 saturated carbocycles. The van der Waals surface area contributed by atoms with Crippen LogP contribution < -0.4 is 0 Å². The predicted octanol–water partition coefficient (Wildman–Crippen LogP) is 2.14. The minimum atomic E-state index is -0.893. The summed E-state index contributed by atoms with van der Waals surface area (Å²) >= 11 is 0. The van der Waals surface area contributed by atoms with Crippen molar-refractivity contribution < 1.29 is 19.4 Å². The molecule has 18 heavy (non-hydrogen) atoms. The zero-order chi connectivity index (χ0) is 13.3. The molecule has 0 bridgehead atoms. The number of phenols is 1. The van der Waals surface area contributed by atoms with Gasteiger partial charge in [0, 0.05) is 23.7 Å². The molecule has 1 fully saturated rings. The number of halogens is 1. The van der Waals surface area contributed by atoms with Crippen LogP contribution in [0.3, 0.4) is 0 Å². The average molecular weight is 253 g/mol. The largest absolute Gasteiger partial charge is 0.508 e. The van der Waals surface area contributed by atoms with E-state index in [-0.39, 0.29) is 24.4 Å². The van der Waals surface area contributed by atoms with E-state index >= 15 is 0 Å². The zero-order valence-electron chi connectivity index (χ0n) is 10.1. The lowest BCUT2D eigenvalue weighted by Crippen LogP contribution is -2.34. The van der Waals surface area contributed by atoms with Gasteiger partial charge in [0.2, 0.25) is 0 Å². The quantitative estimate of drug-likeness (QED) is 0.844. The minimum Gasteiger partial charge on any atom is -0.508 e. The monoisotopic (exact) mass is 253 g/mol. The van der Waals surface area contributed by atoms with E-state index in [2.05, 4.69) is 0 Å². The second kappa shape index (κ2) is 4.94. The summed E-state index contributed by atoms with van der Waals surface area (Å²) in [7, 11) is 0. The molecule has 1 atom stereocenters. The highest BCUT2D eigenvalue weighted by atomic mass is 19.1. The number of nitrogens with zero attached hydrogens (tertiary/aromatic N) is 1. The Labute approximate surface area is 105 Å². The van der Waals surface area contributed by atoms with Crippen molar-refractivity contribution in [2.24, 2.45) is 0 Å². The van der Waals surface area contributed by atoms with Crippen LogP contribution in [0.1, 0.15) is 31.4 Å². The van der Waals surface area contributed by atoms with Gasteiger partial charge < -0.3 is 10.2 Å². The van der Waals surface area contributed by atoms with Crippen molar-refractivity contribution in [1.82, 2.24) is 4.90 Å². The van der Waals surface area contributed by atoms with Crippen molar-refractivity contribution in [2.45, 2.75) is 31.8 Å². The van der Waals surface area contributed by atoms with Crippen LogP contribution in [0, 0.1) is 5.82 Å². The van der Waals surface area contributed by atoms with Crippen molar-refractivity contribution in [3.63, 3.8) is 0 Å². The Balaban J connectivity index is 2.21. The van der Waals surface area contributed by atoms with Gasteiger partial charge in [0.15, 0.2) is 0 Å². The second-order valence-electron chi connectivity index (χ2n) is 4.68. The number of hydrogen-bond donors (Lipinski definition) is 2. The van der Waals surface area contributed by atoms with Crippen molar-refractivity contribution in [3.8, 4) is 5.75 Å². The topological polar surface area (TPSA) is 60.8 Å². The van der Waals surface area contributed by atoms with Crippen LogP contribution in [-0.4, -0.2) is 33.7 Å². The molecule has 1 aliphatic carbocycles. The third kappa shape index (κ3) is 2.79. The van der Waals surface area contributed by atoms with Gasteiger partial charge in [-0.1, -0.05) is 6.07 Å². The summed E-state index contributed by atoms with van der Waals surface area (Å²) in [5, 5.41) is 18.6. The Morgan fingerprint density at radius 3 is 2.72 bits per heavy atom. The number of aliphatic carboxylic acids is 1. The number of benzene rings is 1. The van der Waals surface area contributed by atoms with E-state index in [1.807, 2.05) is 11.8 Å². The molecule has 2 N–H and O–H groups in total. The summed E-state index contributed by atoms with van der Waals surface area (Å²) in [5.74, 6) is -1.52. The molecule has 1 aliphatic rings. The van der Waals surface area contributed by atoms with E-state index in [1.165, 1.54) is 12.1 Å². The molecular weight excluding hydrogens is 237 g/mol. The number of phenolic OH excluding ortho intramolecular Hbond substituents is 1. The lowest BCUT2D eigenvalue weighted by atomic mass is 10.1. The number of rotatable bonds is 5. The Kier molecular flexibility index (Phi) is 3.52. The standard InChI is InChI=1S/C13H16FNO3/c1-8(11-5-2-9(14)6-12(11)16)15(7-13(17)18)10-3-4-10/h2,5-6,8,10,16H,3-4,7H2,1H3,(H,17,18). The maximum atomic E-state index is 12.9. The van der Waals surface area contributed by atoms with Gasteiger partial charge in [-0.3, -0.25) is 9.69 Å². The van der Waals surface area contributed by atoms with E-state index in [0.29, 0.717) is 5.56 Å². The first-order valence-corrected chi connectivity index (χ1v) is 5.95.